The number of sulfonamides is 1. The normalized spacial score (nSPS) is 13.1. The van der Waals surface area contributed by atoms with Crippen molar-refractivity contribution in [2.75, 3.05) is 4.72 Å². The number of anilines is 1. The maximum absolute atomic E-state index is 13.4. The van der Waals surface area contributed by atoms with Crippen molar-refractivity contribution in [2.45, 2.75) is 49.3 Å². The van der Waals surface area contributed by atoms with Crippen LogP contribution in [-0.4, -0.2) is 52.9 Å². The molecule has 0 unspecified atom stereocenters. The van der Waals surface area contributed by atoms with Gasteiger partial charge in [0.2, 0.25) is 0 Å². The number of rotatable bonds is 5. The van der Waals surface area contributed by atoms with Crippen molar-refractivity contribution in [3.8, 4) is 23.0 Å². The fourth-order valence-corrected chi connectivity index (χ4v) is 8.08. The third-order valence-corrected chi connectivity index (χ3v) is 11.0. The second-order valence-electron chi connectivity index (χ2n) is 12.7. The van der Waals surface area contributed by atoms with Crippen molar-refractivity contribution in [3.63, 3.8) is 0 Å². The van der Waals surface area contributed by atoms with Crippen LogP contribution in [0.1, 0.15) is 66.0 Å². The Hall–Kier alpha value is -5.57. The Morgan fingerprint density at radius 1 is 0.549 bits per heavy atom. The van der Waals surface area contributed by atoms with E-state index in [0.717, 1.165) is 36.4 Å². The van der Waals surface area contributed by atoms with Crippen LogP contribution in [-0.2, 0) is 45.8 Å². The highest BCUT2D eigenvalue weighted by Gasteiger charge is 2.24. The zero-order chi connectivity index (χ0) is 37.0. The summed E-state index contributed by atoms with van der Waals surface area (Å²) in [5, 5.41) is 55.1. The van der Waals surface area contributed by atoms with Gasteiger partial charge in [0, 0.05) is 53.6 Å². The predicted molar refractivity (Wildman–Crippen MR) is 187 cm³/mol. The Labute approximate surface area is 293 Å². The molecule has 0 radical (unpaired) electrons. The van der Waals surface area contributed by atoms with Crippen molar-refractivity contribution < 1.29 is 51.7 Å². The third kappa shape index (κ3) is 7.20. The molecule has 8 bridgehead atoms. The fraction of sp³-hybridized carbons (Fsp3) is 0.162. The Morgan fingerprint density at radius 2 is 0.882 bits per heavy atom. The van der Waals surface area contributed by atoms with Gasteiger partial charge in [-0.1, -0.05) is 35.4 Å². The van der Waals surface area contributed by atoms with Gasteiger partial charge < -0.3 is 25.5 Å². The average Bonchev–Trinajstić information content (AvgIpc) is 3.04. The van der Waals surface area contributed by atoms with Gasteiger partial charge in [-0.05, 0) is 84.6 Å². The minimum Gasteiger partial charge on any atom is -0.507 e. The Balaban J connectivity index is 1.55. The van der Waals surface area contributed by atoms with Crippen molar-refractivity contribution in [2.24, 2.45) is 0 Å². The number of carboxylic acid groups (broad SMARTS) is 1. The van der Waals surface area contributed by atoms with E-state index in [1.54, 1.807) is 38.1 Å². The molecule has 0 saturated carbocycles. The van der Waals surface area contributed by atoms with Crippen LogP contribution in [0.5, 0.6) is 23.0 Å². The molecule has 0 amide bonds. The minimum atomic E-state index is -4.72. The van der Waals surface area contributed by atoms with Crippen LogP contribution in [0.15, 0.2) is 82.6 Å². The smallest absolute Gasteiger partial charge is 0.335 e. The second-order valence-corrected chi connectivity index (χ2v) is 15.8. The summed E-state index contributed by atoms with van der Waals surface area (Å²) >= 11 is 0. The summed E-state index contributed by atoms with van der Waals surface area (Å²) in [5.41, 5.74) is 3.19. The van der Waals surface area contributed by atoms with Crippen molar-refractivity contribution in [1.29, 1.82) is 0 Å². The number of aromatic carboxylic acids is 1. The number of phenols is 4. The number of carbonyl (C=O) groups is 1. The van der Waals surface area contributed by atoms with Gasteiger partial charge in [0.1, 0.15) is 23.0 Å². The van der Waals surface area contributed by atoms with Crippen LogP contribution in [0.25, 0.3) is 0 Å². The van der Waals surface area contributed by atoms with E-state index in [-0.39, 0.29) is 87.1 Å². The van der Waals surface area contributed by atoms with Gasteiger partial charge in [0.15, 0.2) is 0 Å². The molecule has 51 heavy (non-hydrogen) atoms. The van der Waals surface area contributed by atoms with Gasteiger partial charge in [-0.2, -0.15) is 8.42 Å². The number of fused-ring (bicyclic) bond motifs is 8. The Kier molecular flexibility index (Phi) is 8.96. The largest absolute Gasteiger partial charge is 0.507 e. The first-order valence-electron chi connectivity index (χ1n) is 15.6. The minimum absolute atomic E-state index is 0.0543. The molecular formula is C37H33NO11S2. The molecular weight excluding hydrogens is 699 g/mol. The summed E-state index contributed by atoms with van der Waals surface area (Å²) in [6, 6.07) is 16.3. The van der Waals surface area contributed by atoms with Gasteiger partial charge in [-0.15, -0.1) is 0 Å². The van der Waals surface area contributed by atoms with Crippen LogP contribution >= 0.6 is 0 Å². The quantitative estimate of drug-likeness (QED) is 0.0861. The zero-order valence-electron chi connectivity index (χ0n) is 27.3. The van der Waals surface area contributed by atoms with Crippen LogP contribution in [0.2, 0.25) is 0 Å². The molecule has 0 fully saturated rings. The predicted octanol–water partition coefficient (Wildman–Crippen LogP) is 5.55. The molecule has 14 heteroatoms. The molecule has 0 saturated heterocycles. The zero-order valence-corrected chi connectivity index (χ0v) is 28.9. The number of phenolic OH excluding ortho intramolecular Hbond substituents is 4. The number of benzene rings is 5. The summed E-state index contributed by atoms with van der Waals surface area (Å²) in [6.07, 6.45) is -0.526. The van der Waals surface area contributed by atoms with Crippen molar-refractivity contribution >= 4 is 31.8 Å². The highest BCUT2D eigenvalue weighted by Crippen LogP contribution is 2.40. The van der Waals surface area contributed by atoms with Crippen LogP contribution in [0, 0.1) is 13.8 Å². The summed E-state index contributed by atoms with van der Waals surface area (Å²) in [7, 11) is -8.97. The molecule has 0 heterocycles. The molecule has 1 aliphatic rings. The SMILES string of the molecule is Cc1cc2c(O)c(c1)Cc1cc(S(=O)(=O)O)cc(c1O)Cc1cc(C)cc(c1O)Cc1cc(NS(=O)(=O)c3ccc(C(=O)O)cc3)cc(c1O)C2. The molecule has 0 atom stereocenters. The summed E-state index contributed by atoms with van der Waals surface area (Å²) in [4.78, 5) is 10.6. The number of aryl methyl sites for hydroxylation is 2. The summed E-state index contributed by atoms with van der Waals surface area (Å²) in [5.74, 6) is -2.13. The van der Waals surface area contributed by atoms with E-state index in [1.807, 2.05) is 0 Å². The van der Waals surface area contributed by atoms with E-state index in [4.69, 9.17) is 0 Å². The average molecular weight is 732 g/mol. The lowest BCUT2D eigenvalue weighted by Gasteiger charge is -2.19. The lowest BCUT2D eigenvalue weighted by molar-refractivity contribution is 0.0696. The first-order valence-corrected chi connectivity index (χ1v) is 18.5. The molecule has 0 aromatic heterocycles. The van der Waals surface area contributed by atoms with Gasteiger partial charge in [-0.25, -0.2) is 13.2 Å². The van der Waals surface area contributed by atoms with Gasteiger partial charge >= 0.3 is 5.97 Å². The molecule has 0 spiro atoms. The maximum Gasteiger partial charge on any atom is 0.335 e. The lowest BCUT2D eigenvalue weighted by Crippen LogP contribution is -2.14. The first-order chi connectivity index (χ1) is 23.9. The van der Waals surface area contributed by atoms with E-state index in [2.05, 4.69) is 4.72 Å². The van der Waals surface area contributed by atoms with Crippen molar-refractivity contribution in [1.82, 2.24) is 0 Å². The van der Waals surface area contributed by atoms with Crippen LogP contribution < -0.4 is 4.72 Å². The Bertz CT molecular complexity index is 2370. The number of hydrogen-bond acceptors (Lipinski definition) is 9. The Morgan fingerprint density at radius 3 is 1.22 bits per heavy atom. The van der Waals surface area contributed by atoms with Crippen LogP contribution in [0.3, 0.4) is 0 Å². The van der Waals surface area contributed by atoms with E-state index in [9.17, 15) is 51.7 Å². The van der Waals surface area contributed by atoms with E-state index >= 15 is 0 Å². The standard InChI is InChI=1S/C37H33NO11S2/c1-19-7-22-11-26-15-30(38-50(45,46)31-5-3-21(4-6-31)37(43)44)16-27(35(26)41)12-23-8-20(2)10-25(34(23)40)14-29-18-32(51(47,48)49)17-28(36(29)42)13-24(9-19)33(22)39/h3-10,15-18,38-42H,11-14H2,1-2H3,(H,43,44)(H,47,48,49). The molecule has 6 rings (SSSR count). The molecule has 264 valence electrons. The van der Waals surface area contributed by atoms with E-state index in [1.165, 1.54) is 12.1 Å². The number of aromatic hydroxyl groups is 4. The highest BCUT2D eigenvalue weighted by molar-refractivity contribution is 7.92. The molecule has 5 aromatic carbocycles. The lowest BCUT2D eigenvalue weighted by atomic mass is 9.90. The maximum atomic E-state index is 13.4. The second kappa shape index (κ2) is 13.0. The number of carboxylic acids is 1. The number of nitrogens with one attached hydrogen (secondary N) is 1. The molecule has 12 nitrogen and oxygen atoms in total. The first kappa shape index (κ1) is 35.3. The van der Waals surface area contributed by atoms with Crippen molar-refractivity contribution in [3.05, 3.63) is 134 Å². The molecule has 0 aliphatic heterocycles. The molecule has 7 N–H and O–H groups in total. The summed E-state index contributed by atoms with van der Waals surface area (Å²) < 4.78 is 63.9. The number of hydrogen-bond donors (Lipinski definition) is 7. The monoisotopic (exact) mass is 731 g/mol. The van der Waals surface area contributed by atoms with Crippen LogP contribution in [0.4, 0.5) is 5.69 Å². The van der Waals surface area contributed by atoms with Gasteiger partial charge in [-0.3, -0.25) is 9.27 Å². The molecule has 5 aromatic rings. The van der Waals surface area contributed by atoms with E-state index in [0.29, 0.717) is 33.4 Å². The van der Waals surface area contributed by atoms with E-state index < -0.39 is 31.0 Å². The van der Waals surface area contributed by atoms with Gasteiger partial charge in [0.05, 0.1) is 15.4 Å². The van der Waals surface area contributed by atoms with Gasteiger partial charge in [0.25, 0.3) is 20.1 Å². The third-order valence-electron chi connectivity index (χ3n) is 8.82. The summed E-state index contributed by atoms with van der Waals surface area (Å²) in [6.45, 7) is 3.52. The fourth-order valence-electron chi connectivity index (χ4n) is 6.45. The highest BCUT2D eigenvalue weighted by atomic mass is 32.2. The molecule has 1 aliphatic carbocycles. The topological polar surface area (TPSA) is 219 Å².